The third-order valence-corrected chi connectivity index (χ3v) is 3.10. The Labute approximate surface area is 132 Å². The summed E-state index contributed by atoms with van der Waals surface area (Å²) in [7, 11) is 0. The number of carbonyl (C=O) groups excluding carboxylic acids is 2. The highest BCUT2D eigenvalue weighted by Gasteiger charge is 2.15. The van der Waals surface area contributed by atoms with E-state index in [1.807, 2.05) is 0 Å². The van der Waals surface area contributed by atoms with Crippen LogP contribution in [0.4, 0.5) is 9.18 Å². The number of carbonyl (C=O) groups is 2. The summed E-state index contributed by atoms with van der Waals surface area (Å²) in [6, 6.07) is 4.15. The van der Waals surface area contributed by atoms with E-state index >= 15 is 0 Å². The number of ketones is 1. The van der Waals surface area contributed by atoms with E-state index in [4.69, 9.17) is 4.74 Å². The van der Waals surface area contributed by atoms with Crippen molar-refractivity contribution in [1.82, 2.24) is 5.32 Å². The topological polar surface area (TPSA) is 55.4 Å². The summed E-state index contributed by atoms with van der Waals surface area (Å²) in [6.45, 7) is 5.69. The molecule has 4 nitrogen and oxygen atoms in total. The van der Waals surface area contributed by atoms with Gasteiger partial charge in [-0.3, -0.25) is 4.79 Å². The molecule has 0 spiro atoms. The second-order valence-electron chi connectivity index (χ2n) is 5.58. The van der Waals surface area contributed by atoms with Gasteiger partial charge in [0, 0.05) is 18.5 Å². The van der Waals surface area contributed by atoms with E-state index in [2.05, 4.69) is 21.2 Å². The molecule has 21 heavy (non-hydrogen) atoms. The molecule has 6 heteroatoms. The smallest absolute Gasteiger partial charge is 0.407 e. The van der Waals surface area contributed by atoms with Gasteiger partial charge >= 0.3 is 6.09 Å². The Kier molecular flexibility index (Phi) is 6.33. The second-order valence-corrected chi connectivity index (χ2v) is 6.44. The predicted molar refractivity (Wildman–Crippen MR) is 81.9 cm³/mol. The van der Waals surface area contributed by atoms with Crippen LogP contribution in [0.15, 0.2) is 22.7 Å². The van der Waals surface area contributed by atoms with Crippen LogP contribution in [0.3, 0.4) is 0 Å². The first-order valence-electron chi connectivity index (χ1n) is 6.64. The van der Waals surface area contributed by atoms with E-state index in [0.29, 0.717) is 18.5 Å². The number of hydrogen-bond acceptors (Lipinski definition) is 3. The van der Waals surface area contributed by atoms with Crippen molar-refractivity contribution in [3.63, 3.8) is 0 Å². The van der Waals surface area contributed by atoms with E-state index in [1.165, 1.54) is 18.2 Å². The number of ether oxygens (including phenoxy) is 1. The lowest BCUT2D eigenvalue weighted by atomic mass is 10.1. The average molecular weight is 360 g/mol. The van der Waals surface area contributed by atoms with Crippen molar-refractivity contribution in [1.29, 1.82) is 0 Å². The molecule has 1 aromatic rings. The zero-order valence-corrected chi connectivity index (χ0v) is 13.9. The second kappa shape index (κ2) is 7.54. The number of alkyl carbamates (subject to hydrolysis) is 1. The number of benzene rings is 1. The zero-order valence-electron chi connectivity index (χ0n) is 12.3. The first-order chi connectivity index (χ1) is 9.69. The highest BCUT2D eigenvalue weighted by atomic mass is 79.9. The molecule has 0 atom stereocenters. The van der Waals surface area contributed by atoms with E-state index in [-0.39, 0.29) is 16.7 Å². The van der Waals surface area contributed by atoms with Crippen LogP contribution in [0.2, 0.25) is 0 Å². The molecular weight excluding hydrogens is 341 g/mol. The number of halogens is 2. The molecule has 1 amide bonds. The molecule has 1 N–H and O–H groups in total. The molecular formula is C15H19BrFNO3. The molecule has 0 heterocycles. The fourth-order valence-electron chi connectivity index (χ4n) is 1.57. The highest BCUT2D eigenvalue weighted by molar-refractivity contribution is 9.10. The van der Waals surface area contributed by atoms with Gasteiger partial charge in [-0.15, -0.1) is 0 Å². The summed E-state index contributed by atoms with van der Waals surface area (Å²) in [5, 5.41) is 2.58. The molecule has 0 unspecified atom stereocenters. The number of Topliss-reactive ketones (excluding diaryl/α,β-unsaturated/α-hetero) is 1. The molecule has 0 fully saturated rings. The quantitative estimate of drug-likeness (QED) is 0.636. The van der Waals surface area contributed by atoms with Gasteiger partial charge in [-0.1, -0.05) is 0 Å². The molecule has 0 aliphatic rings. The van der Waals surface area contributed by atoms with Gasteiger partial charge in [-0.25, -0.2) is 9.18 Å². The van der Waals surface area contributed by atoms with E-state index in [9.17, 15) is 14.0 Å². The molecule has 0 saturated heterocycles. The summed E-state index contributed by atoms with van der Waals surface area (Å²) < 4.78 is 18.4. The van der Waals surface area contributed by atoms with Crippen molar-refractivity contribution < 1.29 is 18.7 Å². The zero-order chi connectivity index (χ0) is 16.0. The van der Waals surface area contributed by atoms with Gasteiger partial charge in [0.2, 0.25) is 0 Å². The first kappa shape index (κ1) is 17.6. The van der Waals surface area contributed by atoms with Crippen LogP contribution in [0.25, 0.3) is 0 Å². The summed E-state index contributed by atoms with van der Waals surface area (Å²) in [5.74, 6) is -0.500. The number of hydrogen-bond donors (Lipinski definition) is 1. The summed E-state index contributed by atoms with van der Waals surface area (Å²) in [4.78, 5) is 23.3. The fraction of sp³-hybridized carbons (Fsp3) is 0.467. The van der Waals surface area contributed by atoms with E-state index < -0.39 is 17.5 Å². The molecule has 1 aromatic carbocycles. The fourth-order valence-corrected chi connectivity index (χ4v) is 1.95. The third kappa shape index (κ3) is 6.71. The standard InChI is InChI=1S/C15H19BrFNO3/c1-15(2,3)21-14(20)18-8-4-5-13(19)10-6-7-12(17)11(16)9-10/h6-7,9H,4-5,8H2,1-3H3,(H,18,20). The lowest BCUT2D eigenvalue weighted by Crippen LogP contribution is -2.33. The molecule has 0 aromatic heterocycles. The Hall–Kier alpha value is -1.43. The predicted octanol–water partition coefficient (Wildman–Crippen LogP) is 4.08. The van der Waals surface area contributed by atoms with Crippen LogP contribution in [0, 0.1) is 5.82 Å². The minimum atomic E-state index is -0.541. The maximum atomic E-state index is 13.1. The molecule has 116 valence electrons. The largest absolute Gasteiger partial charge is 0.444 e. The summed E-state index contributed by atoms with van der Waals surface area (Å²) in [6.07, 6.45) is 0.264. The van der Waals surface area contributed by atoms with Gasteiger partial charge in [0.25, 0.3) is 0 Å². The summed E-state index contributed by atoms with van der Waals surface area (Å²) >= 11 is 3.04. The van der Waals surface area contributed by atoms with Gasteiger partial charge < -0.3 is 10.1 Å². The van der Waals surface area contributed by atoms with Crippen LogP contribution in [-0.4, -0.2) is 24.0 Å². The van der Waals surface area contributed by atoms with Crippen LogP contribution in [-0.2, 0) is 4.74 Å². The Balaban J connectivity index is 2.34. The molecule has 0 bridgehead atoms. The van der Waals surface area contributed by atoms with Crippen LogP contribution >= 0.6 is 15.9 Å². The number of nitrogens with one attached hydrogen (secondary N) is 1. The Morgan fingerprint density at radius 1 is 1.33 bits per heavy atom. The Morgan fingerprint density at radius 2 is 2.00 bits per heavy atom. The van der Waals surface area contributed by atoms with Gasteiger partial charge in [0.05, 0.1) is 4.47 Å². The monoisotopic (exact) mass is 359 g/mol. The SMILES string of the molecule is CC(C)(C)OC(=O)NCCCC(=O)c1ccc(F)c(Br)c1. The molecule has 0 radical (unpaired) electrons. The third-order valence-electron chi connectivity index (χ3n) is 2.49. The average Bonchev–Trinajstić information content (AvgIpc) is 2.35. The molecule has 0 aliphatic carbocycles. The van der Waals surface area contributed by atoms with Crippen molar-refractivity contribution in [3.8, 4) is 0 Å². The van der Waals surface area contributed by atoms with Crippen molar-refractivity contribution in [3.05, 3.63) is 34.1 Å². The van der Waals surface area contributed by atoms with Crippen molar-refractivity contribution in [2.45, 2.75) is 39.2 Å². The maximum absolute atomic E-state index is 13.1. The molecule has 0 aliphatic heterocycles. The lowest BCUT2D eigenvalue weighted by Gasteiger charge is -2.19. The summed E-state index contributed by atoms with van der Waals surface area (Å²) in [5.41, 5.74) is -0.0964. The number of rotatable bonds is 5. The minimum absolute atomic E-state index is 0.0957. The van der Waals surface area contributed by atoms with Crippen molar-refractivity contribution in [2.75, 3.05) is 6.54 Å². The Bertz CT molecular complexity index is 526. The van der Waals surface area contributed by atoms with E-state index in [1.54, 1.807) is 20.8 Å². The minimum Gasteiger partial charge on any atom is -0.444 e. The van der Waals surface area contributed by atoms with Gasteiger partial charge in [0.1, 0.15) is 11.4 Å². The normalized spacial score (nSPS) is 11.1. The first-order valence-corrected chi connectivity index (χ1v) is 7.43. The van der Waals surface area contributed by atoms with Crippen LogP contribution in [0.1, 0.15) is 44.0 Å². The Morgan fingerprint density at radius 3 is 2.57 bits per heavy atom. The molecule has 0 saturated carbocycles. The maximum Gasteiger partial charge on any atom is 0.407 e. The van der Waals surface area contributed by atoms with Crippen LogP contribution < -0.4 is 5.32 Å². The number of amides is 1. The van der Waals surface area contributed by atoms with Crippen LogP contribution in [0.5, 0.6) is 0 Å². The van der Waals surface area contributed by atoms with Gasteiger partial charge in [-0.05, 0) is 61.3 Å². The van der Waals surface area contributed by atoms with Gasteiger partial charge in [-0.2, -0.15) is 0 Å². The van der Waals surface area contributed by atoms with E-state index in [0.717, 1.165) is 0 Å². The van der Waals surface area contributed by atoms with Crippen molar-refractivity contribution >= 4 is 27.8 Å². The lowest BCUT2D eigenvalue weighted by molar-refractivity contribution is 0.0525. The highest BCUT2D eigenvalue weighted by Crippen LogP contribution is 2.18. The van der Waals surface area contributed by atoms with Gasteiger partial charge in [0.15, 0.2) is 5.78 Å². The molecule has 1 rings (SSSR count). The van der Waals surface area contributed by atoms with Crippen molar-refractivity contribution in [2.24, 2.45) is 0 Å².